The molecule has 1 aromatic carbocycles. The van der Waals surface area contributed by atoms with Gasteiger partial charge in [0.2, 0.25) is 0 Å². The quantitative estimate of drug-likeness (QED) is 0.411. The summed E-state index contributed by atoms with van der Waals surface area (Å²) in [4.78, 5) is 10.4. The summed E-state index contributed by atoms with van der Waals surface area (Å²) >= 11 is 0. The normalized spacial score (nSPS) is 11.6. The monoisotopic (exact) mass is 368 g/mol. The Hall–Kier alpha value is -1.16. The average Bonchev–Trinajstić information content (AvgIpc) is 2.56. The van der Waals surface area contributed by atoms with Gasteiger partial charge in [-0.3, -0.25) is 4.79 Å². The van der Waals surface area contributed by atoms with Gasteiger partial charge in [-0.25, -0.2) is 0 Å². The van der Waals surface area contributed by atoms with E-state index in [4.69, 9.17) is 9.84 Å². The van der Waals surface area contributed by atoms with Crippen molar-refractivity contribution in [2.24, 2.45) is 5.92 Å². The molecule has 3 nitrogen and oxygen atoms in total. The summed E-state index contributed by atoms with van der Waals surface area (Å²) in [6.07, 6.45) is 10.3. The van der Waals surface area contributed by atoms with Gasteiger partial charge in [0.1, 0.15) is 5.75 Å². The molecule has 0 spiro atoms. The van der Waals surface area contributed by atoms with Crippen LogP contribution in [0, 0.1) is 5.92 Å². The van der Waals surface area contributed by atoms with Crippen molar-refractivity contribution in [1.29, 1.82) is 0 Å². The second kappa shape index (κ2) is 15.1. The summed E-state index contributed by atoms with van der Waals surface area (Å²) in [6.45, 7) is 5.30. The van der Waals surface area contributed by atoms with Gasteiger partial charge in [-0.1, -0.05) is 64.5 Å². The third-order valence-corrected chi connectivity index (χ3v) is 4.48. The van der Waals surface area contributed by atoms with Gasteiger partial charge in [0.15, 0.2) is 0 Å². The molecule has 1 N–H and O–H groups in total. The summed E-state index contributed by atoms with van der Waals surface area (Å²) in [6, 6.07) is 8.49. The Morgan fingerprint density at radius 3 is 2.36 bits per heavy atom. The third kappa shape index (κ3) is 12.8. The fourth-order valence-electron chi connectivity index (χ4n) is 2.76. The minimum Gasteiger partial charge on any atom is -0.494 e. The Kier molecular flexibility index (Phi) is 14.4. The van der Waals surface area contributed by atoms with Gasteiger partial charge >= 0.3 is 5.97 Å². The van der Waals surface area contributed by atoms with Gasteiger partial charge < -0.3 is 9.84 Å². The van der Waals surface area contributed by atoms with E-state index in [-0.39, 0.29) is 13.5 Å². The van der Waals surface area contributed by atoms with Crippen LogP contribution in [0.5, 0.6) is 5.75 Å². The van der Waals surface area contributed by atoms with E-state index in [1.165, 1.54) is 31.2 Å². The van der Waals surface area contributed by atoms with E-state index in [0.29, 0.717) is 6.42 Å². The molecule has 1 aromatic rings. The number of benzene rings is 1. The largest absolute Gasteiger partial charge is 0.494 e. The fourth-order valence-corrected chi connectivity index (χ4v) is 2.76. The van der Waals surface area contributed by atoms with E-state index in [9.17, 15) is 4.79 Å². The second-order valence-corrected chi connectivity index (χ2v) is 6.83. The van der Waals surface area contributed by atoms with Gasteiger partial charge in [-0.2, -0.15) is 13.5 Å². The number of carboxylic acid groups (broad SMARTS) is 1. The lowest BCUT2D eigenvalue weighted by Gasteiger charge is -2.11. The summed E-state index contributed by atoms with van der Waals surface area (Å²) in [7, 11) is 0. The zero-order valence-corrected chi connectivity index (χ0v) is 16.9. The highest BCUT2D eigenvalue weighted by molar-refractivity contribution is 7.59. The number of rotatable bonds is 14. The van der Waals surface area contributed by atoms with Crippen molar-refractivity contribution in [2.45, 2.75) is 78.1 Å². The number of carbonyl (C=O) groups is 1. The smallest absolute Gasteiger partial charge is 0.303 e. The van der Waals surface area contributed by atoms with Crippen LogP contribution in [0.25, 0.3) is 0 Å². The maximum absolute atomic E-state index is 10.4. The Morgan fingerprint density at radius 2 is 1.72 bits per heavy atom. The van der Waals surface area contributed by atoms with Crippen LogP contribution in [0.3, 0.4) is 0 Å². The van der Waals surface area contributed by atoms with Crippen molar-refractivity contribution in [1.82, 2.24) is 0 Å². The minimum absolute atomic E-state index is 0. The molecule has 0 heterocycles. The van der Waals surface area contributed by atoms with Gasteiger partial charge in [0.05, 0.1) is 6.61 Å². The fraction of sp³-hybridized carbons (Fsp3) is 0.667. The molecule has 4 heteroatoms. The first kappa shape index (κ1) is 23.8. The summed E-state index contributed by atoms with van der Waals surface area (Å²) in [5.41, 5.74) is 1.36. The highest BCUT2D eigenvalue weighted by atomic mass is 32.1. The topological polar surface area (TPSA) is 46.5 Å². The summed E-state index contributed by atoms with van der Waals surface area (Å²) < 4.78 is 5.87. The Balaban J connectivity index is 0.00000576. The number of hydrogen-bond donors (Lipinski definition) is 1. The molecule has 0 saturated carbocycles. The van der Waals surface area contributed by atoms with Crippen LogP contribution in [0.4, 0.5) is 0 Å². The van der Waals surface area contributed by atoms with Crippen molar-refractivity contribution in [2.75, 3.05) is 6.61 Å². The van der Waals surface area contributed by atoms with Crippen LogP contribution in [-0.2, 0) is 11.2 Å². The Labute approximate surface area is 160 Å². The molecule has 0 aliphatic heterocycles. The van der Waals surface area contributed by atoms with Crippen molar-refractivity contribution >= 4 is 19.5 Å². The first-order valence-electron chi connectivity index (χ1n) is 9.55. The molecule has 144 valence electrons. The van der Waals surface area contributed by atoms with Crippen LogP contribution in [0.15, 0.2) is 24.3 Å². The SMILES string of the molecule is CC[C@@H](C)Cc1cccc(OCCCCCCCCCC(=O)O)c1.S. The zero-order valence-electron chi connectivity index (χ0n) is 15.9. The van der Waals surface area contributed by atoms with Crippen molar-refractivity contribution in [3.05, 3.63) is 29.8 Å². The van der Waals surface area contributed by atoms with Gasteiger partial charge in [0.25, 0.3) is 0 Å². The average molecular weight is 369 g/mol. The van der Waals surface area contributed by atoms with E-state index < -0.39 is 5.97 Å². The van der Waals surface area contributed by atoms with E-state index in [1.54, 1.807) is 0 Å². The van der Waals surface area contributed by atoms with Crippen LogP contribution in [0.1, 0.15) is 77.2 Å². The van der Waals surface area contributed by atoms with Gasteiger partial charge in [0, 0.05) is 6.42 Å². The lowest BCUT2D eigenvalue weighted by atomic mass is 9.99. The number of ether oxygens (including phenoxy) is 1. The molecular formula is C21H36O3S. The van der Waals surface area contributed by atoms with Crippen molar-refractivity contribution < 1.29 is 14.6 Å². The maximum Gasteiger partial charge on any atom is 0.303 e. The Morgan fingerprint density at radius 1 is 1.08 bits per heavy atom. The molecular weight excluding hydrogens is 332 g/mol. The maximum atomic E-state index is 10.4. The molecule has 25 heavy (non-hydrogen) atoms. The van der Waals surface area contributed by atoms with Crippen LogP contribution >= 0.6 is 13.5 Å². The summed E-state index contributed by atoms with van der Waals surface area (Å²) in [5.74, 6) is 1.03. The number of carboxylic acids is 1. The number of aliphatic carboxylic acids is 1. The highest BCUT2D eigenvalue weighted by Crippen LogP contribution is 2.18. The summed E-state index contributed by atoms with van der Waals surface area (Å²) in [5, 5.41) is 8.57. The lowest BCUT2D eigenvalue weighted by molar-refractivity contribution is -0.137. The van der Waals surface area contributed by atoms with Gasteiger partial charge in [-0.05, 0) is 42.9 Å². The molecule has 0 aromatic heterocycles. The molecule has 1 rings (SSSR count). The molecule has 0 radical (unpaired) electrons. The van der Waals surface area contributed by atoms with E-state index in [0.717, 1.165) is 50.4 Å². The second-order valence-electron chi connectivity index (χ2n) is 6.83. The molecule has 0 aliphatic rings. The van der Waals surface area contributed by atoms with E-state index in [1.807, 2.05) is 6.07 Å². The predicted molar refractivity (Wildman–Crippen MR) is 110 cm³/mol. The third-order valence-electron chi connectivity index (χ3n) is 4.48. The van der Waals surface area contributed by atoms with E-state index >= 15 is 0 Å². The van der Waals surface area contributed by atoms with E-state index in [2.05, 4.69) is 32.0 Å². The number of hydrogen-bond acceptors (Lipinski definition) is 2. The lowest BCUT2D eigenvalue weighted by Crippen LogP contribution is -2.00. The first-order chi connectivity index (χ1) is 11.6. The first-order valence-corrected chi connectivity index (χ1v) is 9.55. The molecule has 0 aliphatic carbocycles. The molecule has 0 unspecified atom stereocenters. The van der Waals surface area contributed by atoms with Crippen molar-refractivity contribution in [3.63, 3.8) is 0 Å². The highest BCUT2D eigenvalue weighted by Gasteiger charge is 2.03. The predicted octanol–water partition coefficient (Wildman–Crippen LogP) is 5.97. The van der Waals surface area contributed by atoms with Crippen LogP contribution < -0.4 is 4.74 Å². The number of unbranched alkanes of at least 4 members (excludes halogenated alkanes) is 6. The van der Waals surface area contributed by atoms with Crippen LogP contribution in [-0.4, -0.2) is 17.7 Å². The molecule has 1 atom stereocenters. The molecule has 0 fully saturated rings. The minimum atomic E-state index is -0.680. The molecule has 0 bridgehead atoms. The standard InChI is InChI=1S/C21H34O3.H2S/c1-3-18(2)16-19-12-11-13-20(17-19)24-15-10-8-6-4-5-7-9-14-21(22)23;/h11-13,17-18H,3-10,14-16H2,1-2H3,(H,22,23);1H2/t18-;/m1./s1. The molecule has 0 amide bonds. The van der Waals surface area contributed by atoms with Crippen LogP contribution in [0.2, 0.25) is 0 Å². The molecule has 0 saturated heterocycles. The van der Waals surface area contributed by atoms with Crippen molar-refractivity contribution in [3.8, 4) is 5.75 Å². The van der Waals surface area contributed by atoms with Gasteiger partial charge in [-0.15, -0.1) is 0 Å². The Bertz CT molecular complexity index is 462. The zero-order chi connectivity index (χ0) is 17.6.